The zero-order valence-corrected chi connectivity index (χ0v) is 45.6. The van der Waals surface area contributed by atoms with Crippen LogP contribution >= 0.6 is 0 Å². The number of aliphatic hydroxyl groups is 1. The van der Waals surface area contributed by atoms with Crippen molar-refractivity contribution in [1.82, 2.24) is 30.4 Å². The minimum atomic E-state index is -2.04. The number of ketones is 3. The summed E-state index contributed by atoms with van der Waals surface area (Å²) in [7, 11) is 0. The largest absolute Gasteiger partial charge is 0.458 e. The molecule has 0 radical (unpaired) electrons. The SMILES string of the molecule is CC[C@@]1(O)C(=O)OCc2c1cc1n(c2=O)Cc2c-1nc1cc(F)c(C)c3c1c2[C@@H](CC(=O)C(CC1CC1)OCNC(=O)CCC(=O)[C@H](Cc1ccccc1)NC(=O)CCC(=O)CNC(=O)CCCCCN1C(=O)CC(C)C1=O)CC3. The van der Waals surface area contributed by atoms with E-state index in [0.29, 0.717) is 73.1 Å². The average Bonchev–Trinajstić information content (AvgIpc) is 4.22. The number of rotatable bonds is 27. The van der Waals surface area contributed by atoms with Gasteiger partial charge in [0.15, 0.2) is 23.0 Å². The second-order valence-corrected chi connectivity index (χ2v) is 22.2. The van der Waals surface area contributed by atoms with Crippen molar-refractivity contribution in [2.45, 2.75) is 167 Å². The Hall–Kier alpha value is -7.32. The number of hydrogen-bond acceptors (Lipinski definition) is 14. The van der Waals surface area contributed by atoms with Crippen molar-refractivity contribution in [2.24, 2.45) is 11.8 Å². The van der Waals surface area contributed by atoms with Gasteiger partial charge in [0.1, 0.15) is 25.3 Å². The number of fused-ring (bicyclic) bond motifs is 5. The van der Waals surface area contributed by atoms with E-state index in [1.807, 2.05) is 6.07 Å². The number of esters is 1. The molecule has 2 unspecified atom stereocenters. The van der Waals surface area contributed by atoms with Crippen molar-refractivity contribution in [3.8, 4) is 11.4 Å². The van der Waals surface area contributed by atoms with Gasteiger partial charge < -0.3 is 35.1 Å². The highest BCUT2D eigenvalue weighted by molar-refractivity contribution is 6.03. The van der Waals surface area contributed by atoms with E-state index in [1.54, 1.807) is 51.1 Å². The van der Waals surface area contributed by atoms with Gasteiger partial charge in [-0.1, -0.05) is 63.4 Å². The molecule has 0 spiro atoms. The summed E-state index contributed by atoms with van der Waals surface area (Å²) in [5.74, 6) is -4.41. The van der Waals surface area contributed by atoms with Crippen molar-refractivity contribution < 1.29 is 62.1 Å². The minimum Gasteiger partial charge on any atom is -0.458 e. The number of halogens is 1. The van der Waals surface area contributed by atoms with Crippen LogP contribution in [0.25, 0.3) is 22.3 Å². The maximum atomic E-state index is 15.6. The summed E-state index contributed by atoms with van der Waals surface area (Å²) < 4.78 is 28.5. The third-order valence-corrected chi connectivity index (χ3v) is 16.6. The second-order valence-electron chi connectivity index (χ2n) is 22.2. The van der Waals surface area contributed by atoms with Crippen LogP contribution in [-0.2, 0) is 84.2 Å². The van der Waals surface area contributed by atoms with Gasteiger partial charge in [-0.15, -0.1) is 0 Å². The number of nitrogens with zero attached hydrogens (tertiary/aromatic N) is 3. The predicted octanol–water partition coefficient (Wildman–Crippen LogP) is 5.27. The second kappa shape index (κ2) is 24.6. The van der Waals surface area contributed by atoms with Crippen molar-refractivity contribution in [2.75, 3.05) is 19.8 Å². The lowest BCUT2D eigenvalue weighted by molar-refractivity contribution is -0.172. The van der Waals surface area contributed by atoms with E-state index in [1.165, 1.54) is 15.5 Å². The lowest BCUT2D eigenvalue weighted by Crippen LogP contribution is -2.44. The first kappa shape index (κ1) is 57.4. The lowest BCUT2D eigenvalue weighted by Gasteiger charge is -2.31. The number of unbranched alkanes of at least 4 members (excludes halogenated alkanes) is 2. The quantitative estimate of drug-likeness (QED) is 0.0226. The molecular weight excluding hydrogens is 1030 g/mol. The monoisotopic (exact) mass is 1100 g/mol. The molecule has 19 nitrogen and oxygen atoms in total. The summed E-state index contributed by atoms with van der Waals surface area (Å²) in [6.45, 7) is 4.61. The number of hydrogen-bond donors (Lipinski definition) is 4. The Bertz CT molecular complexity index is 3230. The van der Waals surface area contributed by atoms with Gasteiger partial charge in [-0.2, -0.15) is 0 Å². The van der Waals surface area contributed by atoms with Gasteiger partial charge in [0, 0.05) is 80.0 Å². The molecule has 80 heavy (non-hydrogen) atoms. The van der Waals surface area contributed by atoms with Crippen molar-refractivity contribution in [3.05, 3.63) is 97.6 Å². The smallest absolute Gasteiger partial charge is 0.343 e. The van der Waals surface area contributed by atoms with Crippen molar-refractivity contribution in [3.63, 3.8) is 0 Å². The number of nitrogens with one attached hydrogen (secondary N) is 3. The third-order valence-electron chi connectivity index (χ3n) is 16.6. The summed E-state index contributed by atoms with van der Waals surface area (Å²) in [6, 6.07) is 11.0. The van der Waals surface area contributed by atoms with E-state index in [0.717, 1.165) is 34.9 Å². The first-order chi connectivity index (χ1) is 38.3. The fourth-order valence-electron chi connectivity index (χ4n) is 11.7. The van der Waals surface area contributed by atoms with E-state index < -0.39 is 52.7 Å². The van der Waals surface area contributed by atoms with Crippen LogP contribution in [0.15, 0.2) is 47.3 Å². The van der Waals surface area contributed by atoms with Crippen LogP contribution in [-0.4, -0.2) is 104 Å². The van der Waals surface area contributed by atoms with Crippen molar-refractivity contribution in [1.29, 1.82) is 0 Å². The van der Waals surface area contributed by atoms with Gasteiger partial charge in [-0.05, 0) is 92.0 Å². The number of Topliss-reactive ketones (excluding diaryl/α,β-unsaturated/α-hetero) is 3. The number of benzene rings is 2. The van der Waals surface area contributed by atoms with Gasteiger partial charge in [-0.25, -0.2) is 14.2 Å². The minimum absolute atomic E-state index is 0.0329. The van der Waals surface area contributed by atoms with Crippen LogP contribution in [0, 0.1) is 24.6 Å². The van der Waals surface area contributed by atoms with Gasteiger partial charge >= 0.3 is 5.97 Å². The van der Waals surface area contributed by atoms with Crippen LogP contribution < -0.4 is 21.5 Å². The molecule has 2 aliphatic carbocycles. The molecule has 5 heterocycles. The molecule has 5 amide bonds. The maximum Gasteiger partial charge on any atom is 0.343 e. The fourth-order valence-corrected chi connectivity index (χ4v) is 11.7. The number of pyridine rings is 2. The Labute approximate surface area is 462 Å². The summed E-state index contributed by atoms with van der Waals surface area (Å²) in [5.41, 5.74) is 2.54. The van der Waals surface area contributed by atoms with E-state index in [4.69, 9.17) is 14.5 Å². The number of aromatic nitrogens is 2. The van der Waals surface area contributed by atoms with Crippen LogP contribution in [0.4, 0.5) is 4.39 Å². The standard InChI is InChI=1S/C60H69FN6O13/c1-4-60(78)42-27-46-56-40(30-67(46)58(76)41(42)31-79-59(60)77)54-37(16-18-39-34(3)43(61)28-45(65-56)55(39)54)26-48(70)49(25-36-14-15-36)80-32-63-51(72)21-19-47(69)44(24-35-11-7-5-8-12-35)64-52(73)20-17-38(68)29-62-50(71)13-9-6-10-22-66-53(74)23-33(2)57(66)75/h5,7-8,11-12,27-28,33,36-37,44,49,78H,4,6,9-10,13-26,29-32H2,1-3H3,(H,62,71)(H,63,72)(H,64,73)/t33?,37-,44+,49?,60+/m1/s1. The number of amides is 5. The molecule has 1 saturated heterocycles. The zero-order chi connectivity index (χ0) is 57.0. The van der Waals surface area contributed by atoms with Crippen molar-refractivity contribution >= 4 is 63.8 Å². The van der Waals surface area contributed by atoms with Crippen LogP contribution in [0.1, 0.15) is 155 Å². The molecule has 2 fully saturated rings. The molecule has 20 heteroatoms. The van der Waals surface area contributed by atoms with E-state index in [9.17, 15) is 53.1 Å². The number of imide groups is 1. The maximum absolute atomic E-state index is 15.6. The Morgan fingerprint density at radius 2 is 1.64 bits per heavy atom. The lowest BCUT2D eigenvalue weighted by atomic mass is 9.76. The number of ether oxygens (including phenoxy) is 2. The molecule has 2 aromatic heterocycles. The summed E-state index contributed by atoms with van der Waals surface area (Å²) in [4.78, 5) is 137. The summed E-state index contributed by atoms with van der Waals surface area (Å²) in [5, 5.41) is 20.2. The Kier molecular flexibility index (Phi) is 17.6. The van der Waals surface area contributed by atoms with Gasteiger partial charge in [0.25, 0.3) is 5.56 Å². The number of carbonyl (C=O) groups excluding carboxylic acids is 9. The Morgan fingerprint density at radius 3 is 2.36 bits per heavy atom. The van der Waals surface area contributed by atoms with E-state index in [-0.39, 0.29) is 142 Å². The molecule has 0 bridgehead atoms. The molecule has 4 N–H and O–H groups in total. The van der Waals surface area contributed by atoms with Gasteiger partial charge in [-0.3, -0.25) is 48.1 Å². The normalized spacial score (nSPS) is 19.7. The first-order valence-electron chi connectivity index (χ1n) is 28.1. The third kappa shape index (κ3) is 12.5. The van der Waals surface area contributed by atoms with Crippen LogP contribution in [0.5, 0.6) is 0 Å². The molecule has 5 atom stereocenters. The molecular formula is C60H69FN6O13. The highest BCUT2D eigenvalue weighted by Crippen LogP contribution is 2.48. The Morgan fingerprint density at radius 1 is 0.887 bits per heavy atom. The van der Waals surface area contributed by atoms with Gasteiger partial charge in [0.2, 0.25) is 29.5 Å². The predicted molar refractivity (Wildman–Crippen MR) is 288 cm³/mol. The van der Waals surface area contributed by atoms with Gasteiger partial charge in [0.05, 0.1) is 41.6 Å². The van der Waals surface area contributed by atoms with E-state index >= 15 is 4.39 Å². The number of cyclic esters (lactones) is 1. The van der Waals surface area contributed by atoms with Crippen LogP contribution in [0.2, 0.25) is 0 Å². The molecule has 1 saturated carbocycles. The fraction of sp³-hybridized carbons (Fsp3) is 0.517. The molecule has 5 aliphatic rings. The molecule has 424 valence electrons. The Balaban J connectivity index is 0.779. The topological polar surface area (TPSA) is 267 Å². The molecule has 4 aromatic rings. The molecule has 3 aliphatic heterocycles. The molecule has 2 aromatic carbocycles. The number of aryl methyl sites for hydroxylation is 1. The highest BCUT2D eigenvalue weighted by Gasteiger charge is 2.46. The summed E-state index contributed by atoms with van der Waals surface area (Å²) >= 11 is 0. The summed E-state index contributed by atoms with van der Waals surface area (Å²) in [6.07, 6.45) is 3.75. The molecule has 9 rings (SSSR count). The van der Waals surface area contributed by atoms with Crippen LogP contribution in [0.3, 0.4) is 0 Å². The zero-order valence-electron chi connectivity index (χ0n) is 45.6. The number of carbonyl (C=O) groups is 9. The average molecular weight is 1100 g/mol. The van der Waals surface area contributed by atoms with E-state index in [2.05, 4.69) is 16.0 Å². The first-order valence-corrected chi connectivity index (χ1v) is 28.1. The highest BCUT2D eigenvalue weighted by atomic mass is 19.1. The number of likely N-dealkylation sites (tertiary alicyclic amines) is 1.